The van der Waals surface area contributed by atoms with Crippen molar-refractivity contribution in [2.24, 2.45) is 0 Å². The van der Waals surface area contributed by atoms with E-state index in [4.69, 9.17) is 5.11 Å². The second kappa shape index (κ2) is 4.93. The molecule has 0 aliphatic carbocycles. The largest absolute Gasteiger partial charge is 0.394 e. The van der Waals surface area contributed by atoms with Crippen molar-refractivity contribution in [3.05, 3.63) is 35.1 Å². The zero-order valence-corrected chi connectivity index (χ0v) is 11.1. The first kappa shape index (κ1) is 12.6. The van der Waals surface area contributed by atoms with Gasteiger partial charge in [0.2, 0.25) is 0 Å². The lowest BCUT2D eigenvalue weighted by molar-refractivity contribution is 0.269. The number of imidazole rings is 1. The van der Waals surface area contributed by atoms with E-state index >= 15 is 0 Å². The Labute approximate surface area is 114 Å². The molecule has 0 aliphatic heterocycles. The molecule has 0 aromatic carbocycles. The van der Waals surface area contributed by atoms with Crippen LogP contribution in [0, 0.1) is 0 Å². The fraction of sp³-hybridized carbons (Fsp3) is 0.308. The monoisotopic (exact) mass is 273 g/mol. The molecule has 3 heterocycles. The summed E-state index contributed by atoms with van der Waals surface area (Å²) in [5, 5.41) is 13.1. The molecular formula is C13H15N5O2. The Balaban J connectivity index is 2.09. The molecule has 0 fully saturated rings. The van der Waals surface area contributed by atoms with Gasteiger partial charge in [0.25, 0.3) is 0 Å². The van der Waals surface area contributed by atoms with Crippen molar-refractivity contribution in [1.29, 1.82) is 0 Å². The molecule has 0 unspecified atom stereocenters. The third-order valence-corrected chi connectivity index (χ3v) is 3.24. The van der Waals surface area contributed by atoms with E-state index < -0.39 is 0 Å². The number of aryl methyl sites for hydroxylation is 1. The van der Waals surface area contributed by atoms with E-state index in [1.165, 1.54) is 0 Å². The minimum absolute atomic E-state index is 0.0472. The maximum absolute atomic E-state index is 11.7. The fourth-order valence-electron chi connectivity index (χ4n) is 2.24. The number of hydrogen-bond acceptors (Lipinski definition) is 4. The molecular weight excluding hydrogens is 258 g/mol. The number of fused-ring (bicyclic) bond motifs is 1. The van der Waals surface area contributed by atoms with E-state index in [1.807, 2.05) is 19.2 Å². The van der Waals surface area contributed by atoms with E-state index in [9.17, 15) is 4.79 Å². The topological polar surface area (TPSA) is 88.7 Å². The van der Waals surface area contributed by atoms with Gasteiger partial charge in [-0.2, -0.15) is 5.10 Å². The standard InChI is InChI=1S/C13H15N5O2/c1-2-18-11-5-9(6-14-12(11)16-13(18)20)10-7-15-17(8-10)3-4-19/h5-8,19H,2-4H2,1H3,(H,14,16,20). The van der Waals surface area contributed by atoms with Gasteiger partial charge in [-0.3, -0.25) is 14.2 Å². The molecule has 3 aromatic heterocycles. The van der Waals surface area contributed by atoms with Crippen LogP contribution in [0.25, 0.3) is 22.3 Å². The van der Waals surface area contributed by atoms with Crippen LogP contribution in [0.2, 0.25) is 0 Å². The van der Waals surface area contributed by atoms with Gasteiger partial charge in [-0.1, -0.05) is 0 Å². The number of rotatable bonds is 4. The molecule has 3 aromatic rings. The van der Waals surface area contributed by atoms with Crippen LogP contribution in [0.15, 0.2) is 29.5 Å². The van der Waals surface area contributed by atoms with Crippen molar-refractivity contribution in [3.8, 4) is 11.1 Å². The highest BCUT2D eigenvalue weighted by atomic mass is 16.3. The van der Waals surface area contributed by atoms with Gasteiger partial charge >= 0.3 is 5.69 Å². The molecule has 20 heavy (non-hydrogen) atoms. The number of aromatic amines is 1. The van der Waals surface area contributed by atoms with E-state index in [1.54, 1.807) is 21.6 Å². The van der Waals surface area contributed by atoms with E-state index in [0.717, 1.165) is 16.6 Å². The van der Waals surface area contributed by atoms with Crippen LogP contribution < -0.4 is 5.69 Å². The lowest BCUT2D eigenvalue weighted by Gasteiger charge is -2.00. The van der Waals surface area contributed by atoms with Gasteiger partial charge in [-0.05, 0) is 13.0 Å². The number of aliphatic hydroxyl groups is 1. The van der Waals surface area contributed by atoms with E-state index in [0.29, 0.717) is 18.7 Å². The molecule has 0 amide bonds. The smallest absolute Gasteiger partial charge is 0.327 e. The molecule has 0 spiro atoms. The molecule has 0 aliphatic rings. The Morgan fingerprint density at radius 1 is 1.35 bits per heavy atom. The number of nitrogens with one attached hydrogen (secondary N) is 1. The van der Waals surface area contributed by atoms with Crippen LogP contribution in [0.5, 0.6) is 0 Å². The molecule has 0 radical (unpaired) electrons. The summed E-state index contributed by atoms with van der Waals surface area (Å²) in [5.41, 5.74) is 3.02. The minimum atomic E-state index is -0.150. The third kappa shape index (κ3) is 2.01. The van der Waals surface area contributed by atoms with Gasteiger partial charge in [0.15, 0.2) is 5.65 Å². The van der Waals surface area contributed by atoms with Crippen molar-refractivity contribution in [3.63, 3.8) is 0 Å². The number of H-pyrrole nitrogens is 1. The van der Waals surface area contributed by atoms with Gasteiger partial charge in [0, 0.05) is 30.1 Å². The van der Waals surface area contributed by atoms with Crippen molar-refractivity contribution in [1.82, 2.24) is 24.3 Å². The molecule has 0 saturated carbocycles. The Morgan fingerprint density at radius 3 is 2.95 bits per heavy atom. The number of aromatic nitrogens is 5. The Morgan fingerprint density at radius 2 is 2.20 bits per heavy atom. The van der Waals surface area contributed by atoms with Crippen LogP contribution in [0.1, 0.15) is 6.92 Å². The van der Waals surface area contributed by atoms with Crippen molar-refractivity contribution >= 4 is 11.2 Å². The number of aliphatic hydroxyl groups excluding tert-OH is 1. The minimum Gasteiger partial charge on any atom is -0.394 e. The van der Waals surface area contributed by atoms with Crippen LogP contribution in [0.4, 0.5) is 0 Å². The lowest BCUT2D eigenvalue weighted by Crippen LogP contribution is -2.14. The summed E-state index contributed by atoms with van der Waals surface area (Å²) in [7, 11) is 0. The van der Waals surface area contributed by atoms with Crippen LogP contribution in [-0.4, -0.2) is 36.0 Å². The Hall–Kier alpha value is -2.41. The van der Waals surface area contributed by atoms with E-state index in [-0.39, 0.29) is 12.3 Å². The summed E-state index contributed by atoms with van der Waals surface area (Å²) >= 11 is 0. The number of pyridine rings is 1. The predicted octanol–water partition coefficient (Wildman–Crippen LogP) is 0.600. The highest BCUT2D eigenvalue weighted by Crippen LogP contribution is 2.21. The fourth-order valence-corrected chi connectivity index (χ4v) is 2.24. The predicted molar refractivity (Wildman–Crippen MR) is 74.3 cm³/mol. The first-order valence-electron chi connectivity index (χ1n) is 6.45. The van der Waals surface area contributed by atoms with Gasteiger partial charge in [0.1, 0.15) is 0 Å². The maximum Gasteiger partial charge on any atom is 0.327 e. The molecule has 104 valence electrons. The summed E-state index contributed by atoms with van der Waals surface area (Å²) in [6.07, 6.45) is 5.28. The lowest BCUT2D eigenvalue weighted by atomic mass is 10.1. The molecule has 7 heteroatoms. The van der Waals surface area contributed by atoms with Crippen LogP contribution >= 0.6 is 0 Å². The average Bonchev–Trinajstić information content (AvgIpc) is 3.01. The second-order valence-corrected chi connectivity index (χ2v) is 4.48. The number of nitrogens with zero attached hydrogens (tertiary/aromatic N) is 4. The normalized spacial score (nSPS) is 11.3. The zero-order valence-electron chi connectivity index (χ0n) is 11.1. The Kier molecular flexibility index (Phi) is 3.11. The van der Waals surface area contributed by atoms with Crippen LogP contribution in [-0.2, 0) is 13.1 Å². The molecule has 0 atom stereocenters. The average molecular weight is 273 g/mol. The summed E-state index contributed by atoms with van der Waals surface area (Å²) in [5.74, 6) is 0. The first-order chi connectivity index (χ1) is 9.72. The Bertz CT molecular complexity index is 799. The van der Waals surface area contributed by atoms with Gasteiger partial charge < -0.3 is 5.11 Å². The van der Waals surface area contributed by atoms with Crippen molar-refractivity contribution in [2.75, 3.05) is 6.61 Å². The van der Waals surface area contributed by atoms with Gasteiger partial charge in [0.05, 0.1) is 24.9 Å². The van der Waals surface area contributed by atoms with Crippen molar-refractivity contribution < 1.29 is 5.11 Å². The van der Waals surface area contributed by atoms with Gasteiger partial charge in [-0.15, -0.1) is 0 Å². The molecule has 0 saturated heterocycles. The molecule has 0 bridgehead atoms. The van der Waals surface area contributed by atoms with Crippen molar-refractivity contribution in [2.45, 2.75) is 20.0 Å². The first-order valence-corrected chi connectivity index (χ1v) is 6.45. The van der Waals surface area contributed by atoms with E-state index in [2.05, 4.69) is 15.1 Å². The zero-order chi connectivity index (χ0) is 14.1. The van der Waals surface area contributed by atoms with Crippen LogP contribution in [0.3, 0.4) is 0 Å². The highest BCUT2D eigenvalue weighted by Gasteiger charge is 2.09. The third-order valence-electron chi connectivity index (χ3n) is 3.24. The molecule has 2 N–H and O–H groups in total. The second-order valence-electron chi connectivity index (χ2n) is 4.48. The summed E-state index contributed by atoms with van der Waals surface area (Å²) < 4.78 is 3.31. The maximum atomic E-state index is 11.7. The SMILES string of the molecule is CCn1c(=O)[nH]c2ncc(-c3cnn(CCO)c3)cc21. The molecule has 7 nitrogen and oxygen atoms in total. The number of hydrogen-bond donors (Lipinski definition) is 2. The highest BCUT2D eigenvalue weighted by molar-refractivity contribution is 5.77. The summed E-state index contributed by atoms with van der Waals surface area (Å²) in [4.78, 5) is 18.7. The summed E-state index contributed by atoms with van der Waals surface area (Å²) in [6.45, 7) is 3.01. The molecule has 3 rings (SSSR count). The summed E-state index contributed by atoms with van der Waals surface area (Å²) in [6, 6.07) is 1.92. The quantitative estimate of drug-likeness (QED) is 0.728. The van der Waals surface area contributed by atoms with Gasteiger partial charge in [-0.25, -0.2) is 9.78 Å².